The first-order valence-corrected chi connectivity index (χ1v) is 16.5. The Morgan fingerprint density at radius 1 is 1.02 bits per heavy atom. The van der Waals surface area contributed by atoms with Gasteiger partial charge in [0.25, 0.3) is 0 Å². The van der Waals surface area contributed by atoms with Crippen LogP contribution in [-0.4, -0.2) is 57.0 Å². The molecule has 0 saturated carbocycles. The van der Waals surface area contributed by atoms with Crippen molar-refractivity contribution in [3.8, 4) is 23.0 Å². The van der Waals surface area contributed by atoms with Gasteiger partial charge in [-0.1, -0.05) is 48.5 Å². The summed E-state index contributed by atoms with van der Waals surface area (Å²) >= 11 is 2.20. The minimum absolute atomic E-state index is 0.158. The number of esters is 1. The van der Waals surface area contributed by atoms with Gasteiger partial charge in [0.1, 0.15) is 13.2 Å². The van der Waals surface area contributed by atoms with Crippen LogP contribution in [0.15, 0.2) is 89.2 Å². The van der Waals surface area contributed by atoms with Crippen molar-refractivity contribution < 1.29 is 38.4 Å². The average molecular weight is 781 g/mol. The quantitative estimate of drug-likeness (QED) is 0.0425. The summed E-state index contributed by atoms with van der Waals surface area (Å²) in [7, 11) is 2.86. The standard InChI is InChI=1S/C36H37IN4O8/c1-5-47-29-17-24(33-32(35(43)46-4)21(2)39-36(44)40-33)13-14-28(29)48-20-31(42)41-38-18-22-15-27(37)34(30(16-22)45-3)49-19-25-11-8-10-23-9-6-7-12-26(23)25/h6-18,31,33,41-42H,5,19-20H2,1-4H3,(H2,39,40,44)/b38-18-/t31-,33-/m0/s1. The van der Waals surface area contributed by atoms with Gasteiger partial charge < -0.3 is 39.4 Å². The van der Waals surface area contributed by atoms with Crippen LogP contribution in [-0.2, 0) is 16.1 Å². The molecule has 0 bridgehead atoms. The fourth-order valence-corrected chi connectivity index (χ4v) is 6.12. The monoisotopic (exact) mass is 780 g/mol. The minimum atomic E-state index is -1.16. The number of aliphatic hydroxyl groups is 1. The summed E-state index contributed by atoms with van der Waals surface area (Å²) in [5, 5.41) is 22.4. The first kappa shape index (κ1) is 35.3. The third-order valence-corrected chi connectivity index (χ3v) is 8.41. The number of ether oxygens (including phenoxy) is 5. The molecule has 2 amide bonds. The van der Waals surface area contributed by atoms with E-state index in [9.17, 15) is 14.7 Å². The Kier molecular flexibility index (Phi) is 11.8. The highest BCUT2D eigenvalue weighted by Crippen LogP contribution is 2.36. The number of rotatable bonds is 14. The van der Waals surface area contributed by atoms with E-state index in [1.807, 2.05) is 37.3 Å². The van der Waals surface area contributed by atoms with Crippen molar-refractivity contribution in [1.82, 2.24) is 16.1 Å². The number of methoxy groups -OCH3 is 2. The number of amides is 2. The predicted octanol–water partition coefficient (Wildman–Crippen LogP) is 5.55. The highest BCUT2D eigenvalue weighted by molar-refractivity contribution is 14.1. The molecule has 4 aromatic carbocycles. The van der Waals surface area contributed by atoms with E-state index in [-0.39, 0.29) is 12.2 Å². The Labute approximate surface area is 297 Å². The molecule has 0 radical (unpaired) electrons. The largest absolute Gasteiger partial charge is 0.493 e. The summed E-state index contributed by atoms with van der Waals surface area (Å²) in [6.07, 6.45) is 0.403. The summed E-state index contributed by atoms with van der Waals surface area (Å²) in [6.45, 7) is 4.00. The maximum atomic E-state index is 12.5. The number of hydrogen-bond acceptors (Lipinski definition) is 10. The van der Waals surface area contributed by atoms with E-state index in [4.69, 9.17) is 23.7 Å². The molecule has 13 heteroatoms. The minimum Gasteiger partial charge on any atom is -0.493 e. The van der Waals surface area contributed by atoms with Crippen molar-refractivity contribution in [2.45, 2.75) is 32.7 Å². The number of hydrogen-bond donors (Lipinski definition) is 4. The highest BCUT2D eigenvalue weighted by atomic mass is 127. The maximum absolute atomic E-state index is 12.5. The first-order valence-electron chi connectivity index (χ1n) is 15.4. The summed E-state index contributed by atoms with van der Waals surface area (Å²) in [5.41, 5.74) is 5.71. The smallest absolute Gasteiger partial charge is 0.337 e. The van der Waals surface area contributed by atoms with E-state index < -0.39 is 24.3 Å². The van der Waals surface area contributed by atoms with Crippen molar-refractivity contribution in [3.05, 3.63) is 104 Å². The molecule has 0 fully saturated rings. The molecular weight excluding hydrogens is 743 g/mol. The van der Waals surface area contributed by atoms with Gasteiger partial charge in [0.15, 0.2) is 29.2 Å². The number of hydrazone groups is 1. The van der Waals surface area contributed by atoms with E-state index in [1.165, 1.54) is 7.11 Å². The second-order valence-electron chi connectivity index (χ2n) is 10.9. The van der Waals surface area contributed by atoms with Crippen molar-refractivity contribution in [2.75, 3.05) is 27.4 Å². The fraction of sp³-hybridized carbons (Fsp3) is 0.250. The normalized spacial score (nSPS) is 15.0. The Morgan fingerprint density at radius 3 is 2.59 bits per heavy atom. The molecule has 0 spiro atoms. The zero-order valence-corrected chi connectivity index (χ0v) is 29.6. The van der Waals surface area contributed by atoms with Gasteiger partial charge in [-0.05, 0) is 88.2 Å². The van der Waals surface area contributed by atoms with Crippen molar-refractivity contribution in [3.63, 3.8) is 0 Å². The van der Waals surface area contributed by atoms with Gasteiger partial charge in [-0.2, -0.15) is 5.10 Å². The lowest BCUT2D eigenvalue weighted by atomic mass is 9.95. The molecule has 0 unspecified atom stereocenters. The number of carbonyl (C=O) groups is 2. The number of aliphatic hydroxyl groups excluding tert-OH is 1. The van der Waals surface area contributed by atoms with Crippen LogP contribution in [0.25, 0.3) is 10.8 Å². The summed E-state index contributed by atoms with van der Waals surface area (Å²) in [4.78, 5) is 24.7. The SMILES string of the molecule is CCOc1cc([C@@H]2NC(=O)NC(C)=C2C(=O)OC)ccc1OC[C@H](O)N/N=C\c1cc(I)c(OCc2cccc3ccccc23)c(OC)c1. The topological polar surface area (TPSA) is 149 Å². The lowest BCUT2D eigenvalue weighted by molar-refractivity contribution is -0.136. The zero-order valence-electron chi connectivity index (χ0n) is 27.4. The average Bonchev–Trinajstić information content (AvgIpc) is 3.10. The van der Waals surface area contributed by atoms with Crippen LogP contribution in [0.2, 0.25) is 0 Å². The summed E-state index contributed by atoms with van der Waals surface area (Å²) in [5.74, 6) is 1.33. The molecule has 4 N–H and O–H groups in total. The van der Waals surface area contributed by atoms with Gasteiger partial charge in [-0.25, -0.2) is 9.59 Å². The van der Waals surface area contributed by atoms with Crippen molar-refractivity contribution in [1.29, 1.82) is 0 Å². The van der Waals surface area contributed by atoms with Crippen LogP contribution in [0.3, 0.4) is 0 Å². The third kappa shape index (κ3) is 8.53. The Bertz CT molecular complexity index is 1890. The number of nitrogens with one attached hydrogen (secondary N) is 3. The lowest BCUT2D eigenvalue weighted by Gasteiger charge is -2.28. The molecular formula is C36H37IN4O8. The molecule has 0 saturated heterocycles. The van der Waals surface area contributed by atoms with Gasteiger partial charge in [-0.15, -0.1) is 0 Å². The van der Waals surface area contributed by atoms with Crippen LogP contribution in [0.1, 0.15) is 36.6 Å². The van der Waals surface area contributed by atoms with Gasteiger partial charge in [0, 0.05) is 5.70 Å². The van der Waals surface area contributed by atoms with E-state index in [0.717, 1.165) is 25.5 Å². The molecule has 1 aliphatic rings. The van der Waals surface area contributed by atoms with Crippen molar-refractivity contribution in [2.24, 2.45) is 5.10 Å². The van der Waals surface area contributed by atoms with Crippen LogP contribution < -0.4 is 35.0 Å². The number of carbonyl (C=O) groups excluding carboxylic acids is 2. The van der Waals surface area contributed by atoms with E-state index in [1.54, 1.807) is 44.5 Å². The van der Waals surface area contributed by atoms with E-state index in [2.05, 4.69) is 62.0 Å². The molecule has 4 aromatic rings. The Balaban J connectivity index is 1.21. The molecule has 1 aliphatic heterocycles. The number of urea groups is 1. The number of allylic oxidation sites excluding steroid dienone is 1. The lowest BCUT2D eigenvalue weighted by Crippen LogP contribution is -2.45. The van der Waals surface area contributed by atoms with Crippen molar-refractivity contribution >= 4 is 51.6 Å². The molecule has 0 aromatic heterocycles. The van der Waals surface area contributed by atoms with Crippen LogP contribution in [0, 0.1) is 3.57 Å². The number of fused-ring (bicyclic) bond motifs is 1. The third-order valence-electron chi connectivity index (χ3n) is 7.61. The van der Waals surface area contributed by atoms with Crippen LogP contribution in [0.4, 0.5) is 4.79 Å². The molecule has 2 atom stereocenters. The van der Waals surface area contributed by atoms with Gasteiger partial charge >= 0.3 is 12.0 Å². The molecule has 1 heterocycles. The molecule has 256 valence electrons. The van der Waals surface area contributed by atoms with Crippen LogP contribution in [0.5, 0.6) is 23.0 Å². The van der Waals surface area contributed by atoms with Gasteiger partial charge in [0.2, 0.25) is 0 Å². The molecule has 5 rings (SSSR count). The summed E-state index contributed by atoms with van der Waals surface area (Å²) in [6, 6.07) is 21.8. The molecule has 49 heavy (non-hydrogen) atoms. The predicted molar refractivity (Wildman–Crippen MR) is 193 cm³/mol. The fourth-order valence-electron chi connectivity index (χ4n) is 5.34. The number of benzene rings is 4. The molecule has 0 aliphatic carbocycles. The Morgan fingerprint density at radius 2 is 1.82 bits per heavy atom. The Hall–Kier alpha value is -5.02. The van der Waals surface area contributed by atoms with E-state index >= 15 is 0 Å². The highest BCUT2D eigenvalue weighted by Gasteiger charge is 2.32. The van der Waals surface area contributed by atoms with Gasteiger partial charge in [0.05, 0.1) is 42.2 Å². The number of nitrogens with zero attached hydrogens (tertiary/aromatic N) is 1. The summed E-state index contributed by atoms with van der Waals surface area (Å²) < 4.78 is 29.2. The zero-order chi connectivity index (χ0) is 34.9. The van der Waals surface area contributed by atoms with E-state index in [0.29, 0.717) is 47.5 Å². The maximum Gasteiger partial charge on any atom is 0.337 e. The first-order chi connectivity index (χ1) is 23.7. The molecule has 12 nitrogen and oxygen atoms in total. The van der Waals surface area contributed by atoms with Crippen LogP contribution >= 0.6 is 22.6 Å². The van der Waals surface area contributed by atoms with Gasteiger partial charge in [-0.3, -0.25) is 5.43 Å². The second kappa shape index (κ2) is 16.4. The second-order valence-corrected chi connectivity index (χ2v) is 12.0. The number of halogens is 1.